The standard InChI is InChI=1S/C11H16O3/c1-10(14-9-13-8-12-2)11-6-4-3-5-7-11/h3-7,10H,8-9H2,1-2H3/t10-/m1/s1. The molecule has 0 amide bonds. The van der Waals surface area contributed by atoms with Crippen molar-refractivity contribution in [2.24, 2.45) is 0 Å². The highest BCUT2D eigenvalue weighted by atomic mass is 16.7. The zero-order valence-electron chi connectivity index (χ0n) is 8.60. The van der Waals surface area contributed by atoms with E-state index in [0.717, 1.165) is 5.56 Å². The first kappa shape index (κ1) is 11.2. The maximum atomic E-state index is 5.43. The number of hydrogen-bond acceptors (Lipinski definition) is 3. The van der Waals surface area contributed by atoms with Crippen molar-refractivity contribution in [1.29, 1.82) is 0 Å². The molecular formula is C11H16O3. The average Bonchev–Trinajstić information content (AvgIpc) is 2.25. The summed E-state index contributed by atoms with van der Waals surface area (Å²) in [5, 5.41) is 0. The molecule has 1 aromatic carbocycles. The molecule has 0 aromatic heterocycles. The van der Waals surface area contributed by atoms with Crippen LogP contribution in [0.1, 0.15) is 18.6 Å². The van der Waals surface area contributed by atoms with Crippen molar-refractivity contribution in [3.8, 4) is 0 Å². The van der Waals surface area contributed by atoms with E-state index in [0.29, 0.717) is 0 Å². The third-order valence-corrected chi connectivity index (χ3v) is 1.87. The first-order valence-corrected chi connectivity index (χ1v) is 4.58. The molecule has 0 saturated carbocycles. The highest BCUT2D eigenvalue weighted by molar-refractivity contribution is 5.16. The molecule has 0 heterocycles. The van der Waals surface area contributed by atoms with Crippen LogP contribution in [0.2, 0.25) is 0 Å². The first-order chi connectivity index (χ1) is 6.84. The Balaban J connectivity index is 2.25. The van der Waals surface area contributed by atoms with Crippen LogP contribution >= 0.6 is 0 Å². The number of ether oxygens (including phenoxy) is 3. The Bertz CT molecular complexity index is 236. The van der Waals surface area contributed by atoms with Crippen molar-refractivity contribution in [3.63, 3.8) is 0 Å². The van der Waals surface area contributed by atoms with Gasteiger partial charge in [0, 0.05) is 7.11 Å². The summed E-state index contributed by atoms with van der Waals surface area (Å²) in [7, 11) is 1.58. The summed E-state index contributed by atoms with van der Waals surface area (Å²) in [6.07, 6.45) is 0.0491. The quantitative estimate of drug-likeness (QED) is 0.516. The van der Waals surface area contributed by atoms with Crippen molar-refractivity contribution < 1.29 is 14.2 Å². The molecular weight excluding hydrogens is 180 g/mol. The molecule has 0 bridgehead atoms. The minimum atomic E-state index is 0.0491. The number of rotatable bonds is 6. The van der Waals surface area contributed by atoms with Crippen molar-refractivity contribution in [2.75, 3.05) is 20.7 Å². The lowest BCUT2D eigenvalue weighted by Crippen LogP contribution is -2.06. The Kier molecular flexibility index (Phi) is 5.22. The van der Waals surface area contributed by atoms with Crippen LogP contribution in [-0.4, -0.2) is 20.7 Å². The molecule has 0 aliphatic heterocycles. The highest BCUT2D eigenvalue weighted by Crippen LogP contribution is 2.15. The zero-order chi connectivity index (χ0) is 10.2. The Morgan fingerprint density at radius 2 is 1.86 bits per heavy atom. The van der Waals surface area contributed by atoms with Crippen LogP contribution in [0.4, 0.5) is 0 Å². The average molecular weight is 196 g/mol. The Morgan fingerprint density at radius 3 is 2.50 bits per heavy atom. The molecule has 3 heteroatoms. The third kappa shape index (κ3) is 3.87. The topological polar surface area (TPSA) is 27.7 Å². The van der Waals surface area contributed by atoms with Gasteiger partial charge in [-0.05, 0) is 12.5 Å². The van der Waals surface area contributed by atoms with E-state index in [9.17, 15) is 0 Å². The van der Waals surface area contributed by atoms with Gasteiger partial charge in [-0.25, -0.2) is 0 Å². The molecule has 3 nitrogen and oxygen atoms in total. The van der Waals surface area contributed by atoms with Crippen molar-refractivity contribution in [2.45, 2.75) is 13.0 Å². The van der Waals surface area contributed by atoms with Gasteiger partial charge >= 0.3 is 0 Å². The van der Waals surface area contributed by atoms with Crippen LogP contribution in [0, 0.1) is 0 Å². The number of methoxy groups -OCH3 is 1. The molecule has 14 heavy (non-hydrogen) atoms. The molecule has 0 spiro atoms. The molecule has 1 rings (SSSR count). The molecule has 1 atom stereocenters. The van der Waals surface area contributed by atoms with Crippen LogP contribution in [0.5, 0.6) is 0 Å². The summed E-state index contributed by atoms with van der Waals surface area (Å²) < 4.78 is 15.2. The SMILES string of the molecule is COCOCO[C@H](C)c1ccccc1. The van der Waals surface area contributed by atoms with Gasteiger partial charge in [-0.15, -0.1) is 0 Å². The van der Waals surface area contributed by atoms with Gasteiger partial charge in [0.15, 0.2) is 0 Å². The van der Waals surface area contributed by atoms with Crippen LogP contribution in [0.25, 0.3) is 0 Å². The predicted molar refractivity (Wildman–Crippen MR) is 53.8 cm³/mol. The molecule has 0 N–H and O–H groups in total. The van der Waals surface area contributed by atoms with E-state index in [1.165, 1.54) is 0 Å². The monoisotopic (exact) mass is 196 g/mol. The summed E-state index contributed by atoms with van der Waals surface area (Å²) in [5.74, 6) is 0. The van der Waals surface area contributed by atoms with Gasteiger partial charge in [0.25, 0.3) is 0 Å². The largest absolute Gasteiger partial charge is 0.359 e. The minimum absolute atomic E-state index is 0.0491. The van der Waals surface area contributed by atoms with Crippen LogP contribution in [0.15, 0.2) is 30.3 Å². The lowest BCUT2D eigenvalue weighted by Gasteiger charge is -2.12. The van der Waals surface area contributed by atoms with Crippen molar-refractivity contribution in [3.05, 3.63) is 35.9 Å². The second-order valence-corrected chi connectivity index (χ2v) is 2.95. The normalized spacial score (nSPS) is 12.7. The summed E-state index contributed by atoms with van der Waals surface area (Å²) in [6.45, 7) is 2.51. The summed E-state index contributed by atoms with van der Waals surface area (Å²) >= 11 is 0. The Hall–Kier alpha value is -0.900. The second kappa shape index (κ2) is 6.54. The lowest BCUT2D eigenvalue weighted by atomic mass is 10.1. The molecule has 0 aliphatic rings. The van der Waals surface area contributed by atoms with E-state index in [1.54, 1.807) is 7.11 Å². The minimum Gasteiger partial charge on any atom is -0.359 e. The van der Waals surface area contributed by atoms with Gasteiger partial charge in [-0.3, -0.25) is 0 Å². The van der Waals surface area contributed by atoms with E-state index in [-0.39, 0.29) is 19.7 Å². The number of benzene rings is 1. The number of hydrogen-bond donors (Lipinski definition) is 0. The highest BCUT2D eigenvalue weighted by Gasteiger charge is 2.03. The van der Waals surface area contributed by atoms with Crippen LogP contribution < -0.4 is 0 Å². The first-order valence-electron chi connectivity index (χ1n) is 4.58. The van der Waals surface area contributed by atoms with Crippen molar-refractivity contribution >= 4 is 0 Å². The summed E-state index contributed by atoms with van der Waals surface area (Å²) in [5.41, 5.74) is 1.15. The summed E-state index contributed by atoms with van der Waals surface area (Å²) in [6, 6.07) is 10.0. The fourth-order valence-corrected chi connectivity index (χ4v) is 1.09. The van der Waals surface area contributed by atoms with Crippen LogP contribution in [-0.2, 0) is 14.2 Å². The molecule has 0 radical (unpaired) electrons. The van der Waals surface area contributed by atoms with Crippen molar-refractivity contribution in [1.82, 2.24) is 0 Å². The maximum absolute atomic E-state index is 5.43. The lowest BCUT2D eigenvalue weighted by molar-refractivity contribution is -0.138. The summed E-state index contributed by atoms with van der Waals surface area (Å²) in [4.78, 5) is 0. The van der Waals surface area contributed by atoms with E-state index >= 15 is 0 Å². The third-order valence-electron chi connectivity index (χ3n) is 1.87. The smallest absolute Gasteiger partial charge is 0.150 e. The second-order valence-electron chi connectivity index (χ2n) is 2.95. The Labute approximate surface area is 84.6 Å². The zero-order valence-corrected chi connectivity index (χ0v) is 8.60. The maximum Gasteiger partial charge on any atom is 0.150 e. The van der Waals surface area contributed by atoms with E-state index < -0.39 is 0 Å². The Morgan fingerprint density at radius 1 is 1.14 bits per heavy atom. The molecule has 0 fully saturated rings. The van der Waals surface area contributed by atoms with Gasteiger partial charge in [0.2, 0.25) is 0 Å². The fraction of sp³-hybridized carbons (Fsp3) is 0.455. The van der Waals surface area contributed by atoms with Gasteiger partial charge < -0.3 is 14.2 Å². The molecule has 78 valence electrons. The van der Waals surface area contributed by atoms with Gasteiger partial charge in [0.1, 0.15) is 13.6 Å². The molecule has 0 saturated heterocycles. The molecule has 1 aromatic rings. The van der Waals surface area contributed by atoms with Gasteiger partial charge in [0.05, 0.1) is 6.10 Å². The fourth-order valence-electron chi connectivity index (χ4n) is 1.09. The van der Waals surface area contributed by atoms with Gasteiger partial charge in [-0.2, -0.15) is 0 Å². The van der Waals surface area contributed by atoms with Gasteiger partial charge in [-0.1, -0.05) is 30.3 Å². The molecule has 0 aliphatic carbocycles. The van der Waals surface area contributed by atoms with E-state index in [4.69, 9.17) is 14.2 Å². The van der Waals surface area contributed by atoms with E-state index in [1.807, 2.05) is 37.3 Å². The predicted octanol–water partition coefficient (Wildman–Crippen LogP) is 2.34. The van der Waals surface area contributed by atoms with Crippen LogP contribution in [0.3, 0.4) is 0 Å². The molecule has 0 unspecified atom stereocenters. The van der Waals surface area contributed by atoms with E-state index in [2.05, 4.69) is 0 Å².